The number of alkyl halides is 2. The number of rotatable bonds is 5. The number of para-hydroxylation sites is 2. The molecule has 1 heterocycles. The molecule has 0 radical (unpaired) electrons. The zero-order valence-electron chi connectivity index (χ0n) is 14.7. The number of halogens is 2. The minimum Gasteiger partial charge on any atom is -0.495 e. The molecule has 2 saturated carbocycles. The summed E-state index contributed by atoms with van der Waals surface area (Å²) in [6.45, 7) is 0.116. The fourth-order valence-corrected chi connectivity index (χ4v) is 6.68. The molecule has 1 aliphatic heterocycles. The van der Waals surface area contributed by atoms with Crippen molar-refractivity contribution in [3.05, 3.63) is 24.3 Å². The summed E-state index contributed by atoms with van der Waals surface area (Å²) in [7, 11) is 1.54. The van der Waals surface area contributed by atoms with Gasteiger partial charge in [0, 0.05) is 22.6 Å². The van der Waals surface area contributed by atoms with Gasteiger partial charge in [0.25, 0.3) is 0 Å². The number of hydrogen-bond donors (Lipinski definition) is 1. The molecule has 6 unspecified atom stereocenters. The van der Waals surface area contributed by atoms with Crippen LogP contribution in [0.5, 0.6) is 5.75 Å². The lowest BCUT2D eigenvalue weighted by Gasteiger charge is -2.28. The first kappa shape index (κ1) is 18.9. The maximum atomic E-state index is 12.8. The van der Waals surface area contributed by atoms with E-state index in [9.17, 15) is 14.4 Å². The van der Waals surface area contributed by atoms with E-state index in [1.165, 1.54) is 12.0 Å². The van der Waals surface area contributed by atoms with E-state index >= 15 is 0 Å². The van der Waals surface area contributed by atoms with Crippen molar-refractivity contribution in [2.24, 2.45) is 23.7 Å². The first-order valence-corrected chi connectivity index (χ1v) is 10.8. The van der Waals surface area contributed by atoms with Crippen LogP contribution < -0.4 is 10.1 Å². The maximum Gasteiger partial charge on any atom is 0.233 e. The normalized spacial score (nSPS) is 34.1. The molecule has 0 spiro atoms. The van der Waals surface area contributed by atoms with Gasteiger partial charge < -0.3 is 10.1 Å². The van der Waals surface area contributed by atoms with E-state index in [1.54, 1.807) is 18.2 Å². The third-order valence-corrected chi connectivity index (χ3v) is 9.23. The van der Waals surface area contributed by atoms with Crippen LogP contribution in [0.1, 0.15) is 12.8 Å². The predicted molar refractivity (Wildman–Crippen MR) is 107 cm³/mol. The van der Waals surface area contributed by atoms with Gasteiger partial charge in [-0.25, -0.2) is 0 Å². The Morgan fingerprint density at radius 3 is 2.33 bits per heavy atom. The summed E-state index contributed by atoms with van der Waals surface area (Å²) >= 11 is 7.35. The predicted octanol–water partition coefficient (Wildman–Crippen LogP) is 2.80. The highest BCUT2D eigenvalue weighted by atomic mass is 79.9. The summed E-state index contributed by atoms with van der Waals surface area (Å²) in [6, 6.07) is 7.12. The molecule has 3 fully saturated rings. The van der Waals surface area contributed by atoms with E-state index in [4.69, 9.17) is 4.74 Å². The molecule has 8 heteroatoms. The van der Waals surface area contributed by atoms with Gasteiger partial charge in [-0.2, -0.15) is 0 Å². The van der Waals surface area contributed by atoms with Crippen molar-refractivity contribution < 1.29 is 19.1 Å². The van der Waals surface area contributed by atoms with E-state index in [0.717, 1.165) is 6.42 Å². The number of fused-ring (bicyclic) bond motifs is 5. The minimum atomic E-state index is -0.253. The highest BCUT2D eigenvalue weighted by molar-refractivity contribution is 9.12. The number of nitrogens with one attached hydrogen (secondary N) is 1. The fraction of sp³-hybridized carbons (Fsp3) is 0.526. The van der Waals surface area contributed by atoms with Crippen molar-refractivity contribution in [3.8, 4) is 5.75 Å². The second-order valence-electron chi connectivity index (χ2n) is 7.33. The number of methoxy groups -OCH3 is 1. The summed E-state index contributed by atoms with van der Waals surface area (Å²) < 4.78 is 5.22. The molecule has 6 nitrogen and oxygen atoms in total. The molecule has 144 valence electrons. The number of nitrogens with zero attached hydrogens (tertiary/aromatic N) is 1. The van der Waals surface area contributed by atoms with E-state index in [0.29, 0.717) is 11.4 Å². The van der Waals surface area contributed by atoms with Crippen molar-refractivity contribution in [1.29, 1.82) is 0 Å². The number of carbonyl (C=O) groups excluding carboxylic acids is 3. The lowest BCUT2D eigenvalue weighted by atomic mass is 9.81. The lowest BCUT2D eigenvalue weighted by Crippen LogP contribution is -2.37. The van der Waals surface area contributed by atoms with Crippen LogP contribution in [-0.2, 0) is 14.4 Å². The number of carbonyl (C=O) groups is 3. The number of ether oxygens (including phenoxy) is 1. The Kier molecular flexibility index (Phi) is 5.05. The average Bonchev–Trinajstić information content (AvgIpc) is 3.26. The number of anilines is 1. The number of hydrogen-bond acceptors (Lipinski definition) is 4. The topological polar surface area (TPSA) is 75.7 Å². The Morgan fingerprint density at radius 1 is 1.15 bits per heavy atom. The van der Waals surface area contributed by atoms with Crippen molar-refractivity contribution in [3.63, 3.8) is 0 Å². The van der Waals surface area contributed by atoms with Crippen LogP contribution in [0.4, 0.5) is 5.69 Å². The molecule has 1 aromatic rings. The molecule has 2 bridgehead atoms. The Hall–Kier alpha value is -1.41. The van der Waals surface area contributed by atoms with Crippen LogP contribution in [0.25, 0.3) is 0 Å². The van der Waals surface area contributed by atoms with Gasteiger partial charge in [-0.3, -0.25) is 19.3 Å². The first-order valence-electron chi connectivity index (χ1n) is 9.00. The fourth-order valence-electron chi connectivity index (χ4n) is 4.80. The van der Waals surface area contributed by atoms with Crippen molar-refractivity contribution in [2.45, 2.75) is 22.5 Å². The molecular formula is C19H20Br2N2O4. The van der Waals surface area contributed by atoms with E-state index < -0.39 is 0 Å². The smallest absolute Gasteiger partial charge is 0.233 e. The third kappa shape index (κ3) is 3.01. The van der Waals surface area contributed by atoms with Crippen molar-refractivity contribution in [2.75, 3.05) is 19.0 Å². The van der Waals surface area contributed by atoms with Crippen LogP contribution >= 0.6 is 31.9 Å². The largest absolute Gasteiger partial charge is 0.495 e. The molecule has 3 amide bonds. The van der Waals surface area contributed by atoms with Gasteiger partial charge in [0.15, 0.2) is 0 Å². The number of benzene rings is 1. The Balaban J connectivity index is 1.40. The number of likely N-dealkylation sites (tertiary alicyclic amines) is 1. The van der Waals surface area contributed by atoms with Gasteiger partial charge in [0.1, 0.15) is 5.75 Å². The van der Waals surface area contributed by atoms with Crippen molar-refractivity contribution >= 4 is 55.3 Å². The summed E-state index contributed by atoms with van der Waals surface area (Å²) in [5, 5.41) is 2.78. The molecule has 6 atom stereocenters. The summed E-state index contributed by atoms with van der Waals surface area (Å²) in [6.07, 6.45) is 0.973. The molecule has 3 aliphatic rings. The molecule has 1 aromatic carbocycles. The standard InChI is InChI=1S/C19H20Br2N2O4/c1-27-12-5-3-2-4-11(12)22-13(24)6-7-23-18(25)14-9-8-10(15(14)19(23)26)17(21)16(9)20/h2-5,9-10,14-17H,6-8H2,1H3,(H,22,24). The second kappa shape index (κ2) is 7.20. The average molecular weight is 500 g/mol. The summed E-state index contributed by atoms with van der Waals surface area (Å²) in [5.41, 5.74) is 0.572. The zero-order chi connectivity index (χ0) is 19.3. The molecule has 4 rings (SSSR count). The van der Waals surface area contributed by atoms with Crippen LogP contribution in [0.3, 0.4) is 0 Å². The van der Waals surface area contributed by atoms with Gasteiger partial charge in [0.2, 0.25) is 17.7 Å². The summed E-state index contributed by atoms with van der Waals surface area (Å²) in [4.78, 5) is 39.7. The number of imide groups is 1. The van der Waals surface area contributed by atoms with Crippen molar-refractivity contribution in [1.82, 2.24) is 4.90 Å². The van der Waals surface area contributed by atoms with Crippen LogP contribution in [0, 0.1) is 23.7 Å². The SMILES string of the molecule is COc1ccccc1NC(=O)CCN1C(=O)C2C3CC(C(Br)C3Br)C2C1=O. The minimum absolute atomic E-state index is 0.0692. The Labute approximate surface area is 174 Å². The molecule has 1 N–H and O–H groups in total. The van der Waals surface area contributed by atoms with Gasteiger partial charge in [-0.15, -0.1) is 0 Å². The first-order chi connectivity index (χ1) is 12.9. The quantitative estimate of drug-likeness (QED) is 0.499. The van der Waals surface area contributed by atoms with Gasteiger partial charge in [0.05, 0.1) is 24.6 Å². The second-order valence-corrected chi connectivity index (χ2v) is 9.45. The van der Waals surface area contributed by atoms with Gasteiger partial charge >= 0.3 is 0 Å². The maximum absolute atomic E-state index is 12.8. The van der Waals surface area contributed by atoms with E-state index in [-0.39, 0.29) is 64.0 Å². The Morgan fingerprint density at radius 2 is 1.74 bits per heavy atom. The third-order valence-electron chi connectivity index (χ3n) is 6.02. The monoisotopic (exact) mass is 498 g/mol. The van der Waals surface area contributed by atoms with E-state index in [1.807, 2.05) is 6.07 Å². The van der Waals surface area contributed by atoms with E-state index in [2.05, 4.69) is 37.2 Å². The molecular weight excluding hydrogens is 480 g/mol. The van der Waals surface area contributed by atoms with Gasteiger partial charge in [-0.1, -0.05) is 44.0 Å². The number of amides is 3. The summed E-state index contributed by atoms with van der Waals surface area (Å²) in [5.74, 6) is -0.0240. The van der Waals surface area contributed by atoms with Gasteiger partial charge in [-0.05, 0) is 30.4 Å². The molecule has 1 saturated heterocycles. The lowest BCUT2D eigenvalue weighted by molar-refractivity contribution is -0.140. The zero-order valence-corrected chi connectivity index (χ0v) is 17.9. The van der Waals surface area contributed by atoms with Crippen LogP contribution in [0.15, 0.2) is 24.3 Å². The highest BCUT2D eigenvalue weighted by Crippen LogP contribution is 2.60. The molecule has 2 aliphatic carbocycles. The highest BCUT2D eigenvalue weighted by Gasteiger charge is 2.66. The van der Waals surface area contributed by atoms with Crippen LogP contribution in [0.2, 0.25) is 0 Å². The molecule has 0 aromatic heterocycles. The Bertz CT molecular complexity index is 770. The molecule has 27 heavy (non-hydrogen) atoms. The van der Waals surface area contributed by atoms with Crippen LogP contribution in [-0.4, -0.2) is 45.9 Å².